The van der Waals surface area contributed by atoms with Gasteiger partial charge in [-0.05, 0) is 30.8 Å². The summed E-state index contributed by atoms with van der Waals surface area (Å²) in [5.41, 5.74) is 2.00. The predicted octanol–water partition coefficient (Wildman–Crippen LogP) is 1.76. The molecule has 0 aliphatic heterocycles. The molecule has 4 heteroatoms. The third kappa shape index (κ3) is 2.73. The maximum Gasteiger partial charge on any atom is 0.184 e. The lowest BCUT2D eigenvalue weighted by Gasteiger charge is -2.07. The van der Waals surface area contributed by atoms with Crippen LogP contribution in [-0.4, -0.2) is 5.11 Å². The Balaban J connectivity index is 2.70. The minimum absolute atomic E-state index is 0.316. The first-order valence-electron chi connectivity index (χ1n) is 3.76. The lowest BCUT2D eigenvalue weighted by atomic mass is 10.2. The summed E-state index contributed by atoms with van der Waals surface area (Å²) >= 11 is 4.85. The highest BCUT2D eigenvalue weighted by atomic mass is 32.1. The van der Waals surface area contributed by atoms with Gasteiger partial charge in [0.15, 0.2) is 11.3 Å². The average molecular weight is 191 g/mol. The van der Waals surface area contributed by atoms with E-state index in [0.717, 1.165) is 11.3 Å². The summed E-state index contributed by atoms with van der Waals surface area (Å²) in [5, 5.41) is 13.9. The Labute approximate surface area is 82.4 Å². The molecule has 0 bridgehead atoms. The molecule has 0 aromatic heterocycles. The first kappa shape index (κ1) is 9.49. The molecule has 0 aliphatic rings. The molecule has 0 saturated heterocycles. The fourth-order valence-electron chi connectivity index (χ4n) is 0.917. The minimum atomic E-state index is 0.316. The Morgan fingerprint density at radius 3 is 2.77 bits per heavy atom. The van der Waals surface area contributed by atoms with Crippen molar-refractivity contribution >= 4 is 23.0 Å². The zero-order valence-electron chi connectivity index (χ0n) is 7.16. The maximum absolute atomic E-state index is 8.30. The third-order valence-corrected chi connectivity index (χ3v) is 1.77. The Morgan fingerprint density at radius 2 is 2.15 bits per heavy atom. The van der Waals surface area contributed by atoms with E-state index in [1.54, 1.807) is 6.19 Å². The summed E-state index contributed by atoms with van der Waals surface area (Å²) in [5.74, 6) is 0. The Morgan fingerprint density at radius 1 is 1.46 bits per heavy atom. The van der Waals surface area contributed by atoms with Gasteiger partial charge in [0.2, 0.25) is 0 Å². The highest BCUT2D eigenvalue weighted by molar-refractivity contribution is 7.80. The molecule has 3 nitrogen and oxygen atoms in total. The van der Waals surface area contributed by atoms with Crippen LogP contribution in [0.1, 0.15) is 5.56 Å². The second-order valence-corrected chi connectivity index (χ2v) is 2.91. The van der Waals surface area contributed by atoms with Gasteiger partial charge in [0.1, 0.15) is 0 Å². The number of nitrogens with zero attached hydrogens (tertiary/aromatic N) is 1. The SMILES string of the molecule is Cc1ccccc1NC(=S)NC#N. The lowest BCUT2D eigenvalue weighted by molar-refractivity contribution is 1.28. The van der Waals surface area contributed by atoms with E-state index in [0.29, 0.717) is 5.11 Å². The van der Waals surface area contributed by atoms with Crippen molar-refractivity contribution < 1.29 is 0 Å². The molecule has 1 rings (SSSR count). The molecule has 2 N–H and O–H groups in total. The Kier molecular flexibility index (Phi) is 3.23. The topological polar surface area (TPSA) is 47.8 Å². The molecule has 0 unspecified atom stereocenters. The van der Waals surface area contributed by atoms with Gasteiger partial charge in [0.05, 0.1) is 0 Å². The average Bonchev–Trinajstić information content (AvgIpc) is 2.09. The highest BCUT2D eigenvalue weighted by Gasteiger charge is 1.97. The van der Waals surface area contributed by atoms with Gasteiger partial charge < -0.3 is 5.32 Å². The van der Waals surface area contributed by atoms with Crippen LogP contribution in [0.4, 0.5) is 5.69 Å². The predicted molar refractivity (Wildman–Crippen MR) is 56.1 cm³/mol. The first-order chi connectivity index (χ1) is 6.24. The van der Waals surface area contributed by atoms with Crippen molar-refractivity contribution in [2.45, 2.75) is 6.92 Å². The molecule has 0 aliphatic carbocycles. The van der Waals surface area contributed by atoms with E-state index < -0.39 is 0 Å². The molecule has 0 fully saturated rings. The second kappa shape index (κ2) is 4.43. The third-order valence-electron chi connectivity index (χ3n) is 1.56. The number of nitrogens with one attached hydrogen (secondary N) is 2. The van der Waals surface area contributed by atoms with Crippen LogP contribution in [0.5, 0.6) is 0 Å². The molecule has 66 valence electrons. The van der Waals surface area contributed by atoms with Crippen LogP contribution >= 0.6 is 12.2 Å². The van der Waals surface area contributed by atoms with E-state index in [2.05, 4.69) is 10.6 Å². The van der Waals surface area contributed by atoms with E-state index in [9.17, 15) is 0 Å². The molecule has 0 radical (unpaired) electrons. The van der Waals surface area contributed by atoms with Crippen molar-refractivity contribution in [1.82, 2.24) is 5.32 Å². The zero-order chi connectivity index (χ0) is 9.68. The zero-order valence-corrected chi connectivity index (χ0v) is 7.98. The molecule has 0 spiro atoms. The van der Waals surface area contributed by atoms with Gasteiger partial charge in [0, 0.05) is 5.69 Å². The molecular formula is C9H9N3S. The van der Waals surface area contributed by atoms with Crippen LogP contribution in [0.25, 0.3) is 0 Å². The summed E-state index contributed by atoms with van der Waals surface area (Å²) in [6, 6.07) is 7.73. The molecular weight excluding hydrogens is 182 g/mol. The number of thiocarbonyl (C=S) groups is 1. The molecule has 0 atom stereocenters. The Bertz CT molecular complexity index is 354. The monoisotopic (exact) mass is 191 g/mol. The van der Waals surface area contributed by atoms with Gasteiger partial charge in [-0.15, -0.1) is 0 Å². The van der Waals surface area contributed by atoms with Gasteiger partial charge in [0.25, 0.3) is 0 Å². The van der Waals surface area contributed by atoms with E-state index in [1.807, 2.05) is 31.2 Å². The standard InChI is InChI=1S/C9H9N3S/c1-7-4-2-3-5-8(7)12-9(13)11-6-10/h2-5H,1H3,(H2,11,12,13). The van der Waals surface area contributed by atoms with Gasteiger partial charge in [-0.2, -0.15) is 5.26 Å². The number of aryl methyl sites for hydroxylation is 1. The summed E-state index contributed by atoms with van der Waals surface area (Å²) in [6.45, 7) is 1.97. The number of hydrogen-bond donors (Lipinski definition) is 2. The number of rotatable bonds is 1. The number of benzene rings is 1. The maximum atomic E-state index is 8.30. The van der Waals surface area contributed by atoms with Crippen LogP contribution in [0, 0.1) is 18.4 Å². The van der Waals surface area contributed by atoms with Crippen LogP contribution in [-0.2, 0) is 0 Å². The fraction of sp³-hybridized carbons (Fsp3) is 0.111. The van der Waals surface area contributed by atoms with Crippen LogP contribution in [0.2, 0.25) is 0 Å². The highest BCUT2D eigenvalue weighted by Crippen LogP contribution is 2.12. The van der Waals surface area contributed by atoms with Gasteiger partial charge in [-0.3, -0.25) is 5.32 Å². The van der Waals surface area contributed by atoms with Crippen molar-refractivity contribution in [2.24, 2.45) is 0 Å². The van der Waals surface area contributed by atoms with E-state index in [4.69, 9.17) is 17.5 Å². The van der Waals surface area contributed by atoms with Crippen molar-refractivity contribution in [3.8, 4) is 6.19 Å². The van der Waals surface area contributed by atoms with Crippen molar-refractivity contribution in [1.29, 1.82) is 5.26 Å². The van der Waals surface area contributed by atoms with Crippen LogP contribution < -0.4 is 10.6 Å². The van der Waals surface area contributed by atoms with Gasteiger partial charge in [-0.25, -0.2) is 0 Å². The quantitative estimate of drug-likeness (QED) is 0.403. The normalized spacial score (nSPS) is 8.62. The molecule has 1 aromatic rings. The summed E-state index contributed by atoms with van der Waals surface area (Å²) < 4.78 is 0. The fourth-order valence-corrected chi connectivity index (χ4v) is 1.07. The molecule has 0 heterocycles. The van der Waals surface area contributed by atoms with Crippen molar-refractivity contribution in [2.75, 3.05) is 5.32 Å². The summed E-state index contributed by atoms with van der Waals surface area (Å²) in [6.07, 6.45) is 1.75. The largest absolute Gasteiger partial charge is 0.332 e. The Hall–Kier alpha value is -1.60. The number of anilines is 1. The van der Waals surface area contributed by atoms with Crippen LogP contribution in [0.15, 0.2) is 24.3 Å². The van der Waals surface area contributed by atoms with Crippen LogP contribution in [0.3, 0.4) is 0 Å². The molecule has 1 aromatic carbocycles. The van der Waals surface area contributed by atoms with E-state index >= 15 is 0 Å². The number of para-hydroxylation sites is 1. The van der Waals surface area contributed by atoms with Gasteiger partial charge >= 0.3 is 0 Å². The first-order valence-corrected chi connectivity index (χ1v) is 4.16. The number of hydrogen-bond acceptors (Lipinski definition) is 2. The summed E-state index contributed by atoms with van der Waals surface area (Å²) in [4.78, 5) is 0. The second-order valence-electron chi connectivity index (χ2n) is 2.51. The summed E-state index contributed by atoms with van der Waals surface area (Å²) in [7, 11) is 0. The van der Waals surface area contributed by atoms with E-state index in [-0.39, 0.29) is 0 Å². The van der Waals surface area contributed by atoms with E-state index in [1.165, 1.54) is 0 Å². The smallest absolute Gasteiger partial charge is 0.184 e. The minimum Gasteiger partial charge on any atom is -0.332 e. The van der Waals surface area contributed by atoms with Crippen molar-refractivity contribution in [3.63, 3.8) is 0 Å². The molecule has 0 amide bonds. The lowest BCUT2D eigenvalue weighted by Crippen LogP contribution is -2.24. The molecule has 13 heavy (non-hydrogen) atoms. The van der Waals surface area contributed by atoms with Crippen molar-refractivity contribution in [3.05, 3.63) is 29.8 Å². The number of nitriles is 1. The van der Waals surface area contributed by atoms with Gasteiger partial charge in [-0.1, -0.05) is 18.2 Å². The molecule has 0 saturated carbocycles.